The molecule has 0 radical (unpaired) electrons. The van der Waals surface area contributed by atoms with E-state index in [1.165, 1.54) is 16.2 Å². The van der Waals surface area contributed by atoms with Crippen molar-refractivity contribution in [1.29, 1.82) is 0 Å². The van der Waals surface area contributed by atoms with Crippen LogP contribution in [0.15, 0.2) is 30.2 Å². The van der Waals surface area contributed by atoms with Gasteiger partial charge < -0.3 is 10.0 Å². The molecule has 5 heteroatoms. The lowest BCUT2D eigenvalue weighted by Gasteiger charge is -2.19. The summed E-state index contributed by atoms with van der Waals surface area (Å²) in [5, 5.41) is 10.5. The number of thiophene rings is 1. The molecule has 0 saturated carbocycles. The molecule has 1 N–H and O–H groups in total. The number of hydrogen-bond donors (Lipinski definition) is 1. The zero-order valence-corrected chi connectivity index (χ0v) is 10.3. The van der Waals surface area contributed by atoms with Crippen molar-refractivity contribution in [3.05, 3.63) is 35.0 Å². The Balaban J connectivity index is 2.53. The fraction of sp³-hybridized carbons (Fsp3) is 0.333. The summed E-state index contributed by atoms with van der Waals surface area (Å²) in [5.41, 5.74) is 0. The van der Waals surface area contributed by atoms with E-state index in [1.54, 1.807) is 6.08 Å². The number of carboxylic acids is 1. The third-order valence-corrected chi connectivity index (χ3v) is 3.08. The summed E-state index contributed by atoms with van der Waals surface area (Å²) >= 11 is 1.52. The summed E-state index contributed by atoms with van der Waals surface area (Å²) in [6.07, 6.45) is 1.89. The van der Waals surface area contributed by atoms with E-state index in [4.69, 9.17) is 5.11 Å². The van der Waals surface area contributed by atoms with Gasteiger partial charge in [-0.2, -0.15) is 0 Å². The van der Waals surface area contributed by atoms with E-state index in [0.717, 1.165) is 4.88 Å². The Morgan fingerprint density at radius 1 is 1.53 bits per heavy atom. The predicted octanol–water partition coefficient (Wildman–Crippen LogP) is 1.78. The highest BCUT2D eigenvalue weighted by molar-refractivity contribution is 7.10. The van der Waals surface area contributed by atoms with Gasteiger partial charge in [-0.15, -0.1) is 17.9 Å². The van der Waals surface area contributed by atoms with Crippen molar-refractivity contribution in [2.24, 2.45) is 0 Å². The quantitative estimate of drug-likeness (QED) is 0.754. The number of carboxylic acid groups (broad SMARTS) is 1. The van der Waals surface area contributed by atoms with E-state index in [-0.39, 0.29) is 18.9 Å². The summed E-state index contributed by atoms with van der Waals surface area (Å²) in [7, 11) is 0. The molecule has 0 bridgehead atoms. The first kappa shape index (κ1) is 13.4. The van der Waals surface area contributed by atoms with Gasteiger partial charge >= 0.3 is 5.97 Å². The minimum atomic E-state index is -0.900. The SMILES string of the molecule is C=CCN(CCC(=O)O)C(=O)Cc1cccs1. The Hall–Kier alpha value is -1.62. The number of aliphatic carboxylic acids is 1. The van der Waals surface area contributed by atoms with Gasteiger partial charge in [0.15, 0.2) is 0 Å². The van der Waals surface area contributed by atoms with Crippen molar-refractivity contribution in [2.45, 2.75) is 12.8 Å². The van der Waals surface area contributed by atoms with Crippen molar-refractivity contribution in [3.8, 4) is 0 Å². The lowest BCUT2D eigenvalue weighted by Crippen LogP contribution is -2.34. The van der Waals surface area contributed by atoms with E-state index < -0.39 is 5.97 Å². The smallest absolute Gasteiger partial charge is 0.305 e. The average Bonchev–Trinajstić information content (AvgIpc) is 2.76. The van der Waals surface area contributed by atoms with E-state index in [2.05, 4.69) is 6.58 Å². The van der Waals surface area contributed by atoms with Gasteiger partial charge in [-0.3, -0.25) is 9.59 Å². The van der Waals surface area contributed by atoms with Crippen LogP contribution in [-0.2, 0) is 16.0 Å². The summed E-state index contributed by atoms with van der Waals surface area (Å²) < 4.78 is 0. The molecule has 1 heterocycles. The molecule has 0 aliphatic heterocycles. The lowest BCUT2D eigenvalue weighted by molar-refractivity contribution is -0.138. The first-order chi connectivity index (χ1) is 8.13. The molecule has 0 aromatic carbocycles. The second-order valence-corrected chi connectivity index (χ2v) is 4.56. The molecule has 0 fully saturated rings. The van der Waals surface area contributed by atoms with Crippen molar-refractivity contribution in [3.63, 3.8) is 0 Å². The predicted molar refractivity (Wildman–Crippen MR) is 67.1 cm³/mol. The number of carbonyl (C=O) groups excluding carboxylic acids is 1. The highest BCUT2D eigenvalue weighted by Gasteiger charge is 2.14. The van der Waals surface area contributed by atoms with Gasteiger partial charge in [0.2, 0.25) is 5.91 Å². The van der Waals surface area contributed by atoms with Gasteiger partial charge in [-0.25, -0.2) is 0 Å². The van der Waals surface area contributed by atoms with Crippen LogP contribution in [0.3, 0.4) is 0 Å². The molecule has 0 atom stereocenters. The van der Waals surface area contributed by atoms with Crippen molar-refractivity contribution < 1.29 is 14.7 Å². The van der Waals surface area contributed by atoms with Gasteiger partial charge in [-0.1, -0.05) is 12.1 Å². The molecule has 0 unspecified atom stereocenters. The Morgan fingerprint density at radius 2 is 2.29 bits per heavy atom. The Labute approximate surface area is 104 Å². The number of rotatable bonds is 7. The molecule has 92 valence electrons. The maximum Gasteiger partial charge on any atom is 0.305 e. The molecular weight excluding hydrogens is 238 g/mol. The van der Waals surface area contributed by atoms with Crippen LogP contribution in [-0.4, -0.2) is 35.0 Å². The third kappa shape index (κ3) is 4.82. The van der Waals surface area contributed by atoms with Gasteiger partial charge in [-0.05, 0) is 11.4 Å². The Bertz CT molecular complexity index is 386. The molecular formula is C12H15NO3S. The fourth-order valence-electron chi connectivity index (χ4n) is 1.38. The second-order valence-electron chi connectivity index (χ2n) is 3.53. The molecule has 1 aromatic heterocycles. The molecule has 1 rings (SSSR count). The monoisotopic (exact) mass is 253 g/mol. The number of amides is 1. The Morgan fingerprint density at radius 3 is 2.82 bits per heavy atom. The minimum absolute atomic E-state index is 0.0377. The minimum Gasteiger partial charge on any atom is -0.481 e. The zero-order valence-electron chi connectivity index (χ0n) is 9.46. The first-order valence-corrected chi connectivity index (χ1v) is 6.14. The largest absolute Gasteiger partial charge is 0.481 e. The highest BCUT2D eigenvalue weighted by atomic mass is 32.1. The highest BCUT2D eigenvalue weighted by Crippen LogP contribution is 2.10. The van der Waals surface area contributed by atoms with Crippen LogP contribution in [0.2, 0.25) is 0 Å². The molecule has 0 aliphatic rings. The molecule has 4 nitrogen and oxygen atoms in total. The molecule has 0 aliphatic carbocycles. The van der Waals surface area contributed by atoms with Crippen molar-refractivity contribution in [2.75, 3.05) is 13.1 Å². The van der Waals surface area contributed by atoms with Crippen LogP contribution in [0.25, 0.3) is 0 Å². The van der Waals surface area contributed by atoms with Crippen LogP contribution in [0, 0.1) is 0 Å². The van der Waals surface area contributed by atoms with E-state index in [0.29, 0.717) is 13.0 Å². The maximum absolute atomic E-state index is 11.9. The molecule has 1 amide bonds. The Kier molecular flexibility index (Phi) is 5.42. The fourth-order valence-corrected chi connectivity index (χ4v) is 2.07. The molecule has 1 aromatic rings. The molecule has 0 spiro atoms. The zero-order chi connectivity index (χ0) is 12.7. The lowest BCUT2D eigenvalue weighted by atomic mass is 10.3. The van der Waals surface area contributed by atoms with Crippen LogP contribution < -0.4 is 0 Å². The van der Waals surface area contributed by atoms with Crippen LogP contribution in [0.1, 0.15) is 11.3 Å². The maximum atomic E-state index is 11.9. The number of carbonyl (C=O) groups is 2. The third-order valence-electron chi connectivity index (χ3n) is 2.20. The second kappa shape index (κ2) is 6.85. The summed E-state index contributed by atoms with van der Waals surface area (Å²) in [4.78, 5) is 24.9. The van der Waals surface area contributed by atoms with Gasteiger partial charge in [0.25, 0.3) is 0 Å². The van der Waals surface area contributed by atoms with E-state index in [9.17, 15) is 9.59 Å². The number of nitrogens with zero attached hydrogens (tertiary/aromatic N) is 1. The van der Waals surface area contributed by atoms with Gasteiger partial charge in [0, 0.05) is 18.0 Å². The molecule has 0 saturated heterocycles. The normalized spacial score (nSPS) is 9.88. The summed E-state index contributed by atoms with van der Waals surface area (Å²) in [6, 6.07) is 3.79. The standard InChI is InChI=1S/C12H15NO3S/c1-2-6-13(7-5-12(15)16)11(14)9-10-4-3-8-17-10/h2-4,8H,1,5-7,9H2,(H,15,16). The topological polar surface area (TPSA) is 57.6 Å². The van der Waals surface area contributed by atoms with Crippen molar-refractivity contribution >= 4 is 23.2 Å². The van der Waals surface area contributed by atoms with E-state index in [1.807, 2.05) is 17.5 Å². The molecule has 17 heavy (non-hydrogen) atoms. The van der Waals surface area contributed by atoms with Crippen LogP contribution in [0.5, 0.6) is 0 Å². The summed E-state index contributed by atoms with van der Waals surface area (Å²) in [6.45, 7) is 4.18. The average molecular weight is 253 g/mol. The van der Waals surface area contributed by atoms with Crippen LogP contribution >= 0.6 is 11.3 Å². The van der Waals surface area contributed by atoms with Crippen LogP contribution in [0.4, 0.5) is 0 Å². The van der Waals surface area contributed by atoms with Gasteiger partial charge in [0.1, 0.15) is 0 Å². The van der Waals surface area contributed by atoms with E-state index >= 15 is 0 Å². The summed E-state index contributed by atoms with van der Waals surface area (Å²) in [5.74, 6) is -0.961. The van der Waals surface area contributed by atoms with Crippen molar-refractivity contribution in [1.82, 2.24) is 4.90 Å². The first-order valence-electron chi connectivity index (χ1n) is 5.26. The van der Waals surface area contributed by atoms with Gasteiger partial charge in [0.05, 0.1) is 12.8 Å². The number of hydrogen-bond acceptors (Lipinski definition) is 3.